The fourth-order valence-electron chi connectivity index (χ4n) is 3.21. The van der Waals surface area contributed by atoms with E-state index in [1.807, 2.05) is 85.4 Å². The Kier molecular flexibility index (Phi) is 7.52. The molecule has 2 aromatic carbocycles. The summed E-state index contributed by atoms with van der Waals surface area (Å²) in [7, 11) is 4.04. The van der Waals surface area contributed by atoms with E-state index in [4.69, 9.17) is 20.8 Å². The minimum absolute atomic E-state index is 0.616. The maximum atomic E-state index is 6.01. The lowest BCUT2D eigenvalue weighted by Gasteiger charge is -2.14. The standard InChI is InChI=1S/C24H25ClN4O2S/c1-28(16-21-12-13-22(31-21)18-8-10-19(25)11-9-18)17-23-26-27-24(29(23)2)32-15-14-30-20-6-4-3-5-7-20/h3-13H,14-17H2,1-2H3. The average molecular weight is 469 g/mol. The highest BCUT2D eigenvalue weighted by Gasteiger charge is 2.13. The van der Waals surface area contributed by atoms with E-state index in [1.54, 1.807) is 11.8 Å². The monoisotopic (exact) mass is 468 g/mol. The number of aromatic nitrogens is 3. The van der Waals surface area contributed by atoms with E-state index < -0.39 is 0 Å². The van der Waals surface area contributed by atoms with E-state index in [9.17, 15) is 0 Å². The Bertz CT molecular complexity index is 1130. The molecule has 0 N–H and O–H groups in total. The van der Waals surface area contributed by atoms with Crippen LogP contribution in [0, 0.1) is 0 Å². The predicted molar refractivity (Wildman–Crippen MR) is 128 cm³/mol. The molecule has 0 aliphatic carbocycles. The lowest BCUT2D eigenvalue weighted by Crippen LogP contribution is -2.19. The maximum absolute atomic E-state index is 6.01. The van der Waals surface area contributed by atoms with Crippen molar-refractivity contribution in [2.24, 2.45) is 7.05 Å². The highest BCUT2D eigenvalue weighted by molar-refractivity contribution is 7.99. The van der Waals surface area contributed by atoms with E-state index in [0.29, 0.717) is 24.7 Å². The predicted octanol–water partition coefficient (Wildman–Crippen LogP) is 5.53. The van der Waals surface area contributed by atoms with Gasteiger partial charge in [-0.2, -0.15) is 0 Å². The maximum Gasteiger partial charge on any atom is 0.191 e. The third-order valence-corrected chi connectivity index (χ3v) is 6.12. The summed E-state index contributed by atoms with van der Waals surface area (Å²) in [6.45, 7) is 1.96. The smallest absolute Gasteiger partial charge is 0.191 e. The molecule has 0 spiro atoms. The number of thioether (sulfide) groups is 1. The van der Waals surface area contributed by atoms with Gasteiger partial charge in [0, 0.05) is 23.4 Å². The van der Waals surface area contributed by atoms with Crippen molar-refractivity contribution in [2.75, 3.05) is 19.4 Å². The number of nitrogens with zero attached hydrogens (tertiary/aromatic N) is 4. The number of halogens is 1. The van der Waals surface area contributed by atoms with Gasteiger partial charge in [0.1, 0.15) is 23.1 Å². The van der Waals surface area contributed by atoms with E-state index in [1.165, 1.54) is 0 Å². The molecule has 8 heteroatoms. The molecule has 4 rings (SSSR count). The van der Waals surface area contributed by atoms with Crippen LogP contribution >= 0.6 is 23.4 Å². The summed E-state index contributed by atoms with van der Waals surface area (Å²) >= 11 is 7.61. The molecule has 0 aliphatic rings. The molecule has 2 aromatic heterocycles. The quantitative estimate of drug-likeness (QED) is 0.225. The summed E-state index contributed by atoms with van der Waals surface area (Å²) in [5.41, 5.74) is 1.01. The van der Waals surface area contributed by atoms with Gasteiger partial charge < -0.3 is 13.7 Å². The van der Waals surface area contributed by atoms with Gasteiger partial charge in [-0.3, -0.25) is 4.90 Å². The van der Waals surface area contributed by atoms with E-state index in [0.717, 1.165) is 39.6 Å². The number of rotatable bonds is 10. The summed E-state index contributed by atoms with van der Waals surface area (Å²) in [5, 5.41) is 10.3. The van der Waals surface area contributed by atoms with Crippen LogP contribution in [0.1, 0.15) is 11.6 Å². The SMILES string of the molecule is CN(Cc1ccc(-c2ccc(Cl)cc2)o1)Cc1nnc(SCCOc2ccccc2)n1C. The van der Waals surface area contributed by atoms with Gasteiger partial charge in [-0.15, -0.1) is 10.2 Å². The number of para-hydroxylation sites is 1. The molecule has 0 radical (unpaired) electrons. The number of hydrogen-bond acceptors (Lipinski definition) is 6. The first-order valence-corrected chi connectivity index (χ1v) is 11.7. The topological polar surface area (TPSA) is 56.3 Å². The molecule has 0 unspecified atom stereocenters. The van der Waals surface area contributed by atoms with Crippen LogP contribution in [0.4, 0.5) is 0 Å². The molecule has 0 saturated heterocycles. The molecule has 32 heavy (non-hydrogen) atoms. The van der Waals surface area contributed by atoms with Gasteiger partial charge >= 0.3 is 0 Å². The Labute approximate surface area is 197 Å². The molecule has 0 atom stereocenters. The van der Waals surface area contributed by atoms with Gasteiger partial charge in [0.2, 0.25) is 0 Å². The lowest BCUT2D eigenvalue weighted by atomic mass is 10.2. The largest absolute Gasteiger partial charge is 0.493 e. The molecule has 6 nitrogen and oxygen atoms in total. The van der Waals surface area contributed by atoms with Crippen molar-refractivity contribution in [2.45, 2.75) is 18.2 Å². The van der Waals surface area contributed by atoms with Crippen molar-refractivity contribution in [1.29, 1.82) is 0 Å². The van der Waals surface area contributed by atoms with E-state index >= 15 is 0 Å². The Morgan fingerprint density at radius 2 is 1.78 bits per heavy atom. The van der Waals surface area contributed by atoms with Crippen LogP contribution in [0.5, 0.6) is 5.75 Å². The van der Waals surface area contributed by atoms with Crippen molar-refractivity contribution in [3.63, 3.8) is 0 Å². The molecule has 166 valence electrons. The summed E-state index contributed by atoms with van der Waals surface area (Å²) in [4.78, 5) is 2.15. The molecule has 0 amide bonds. The van der Waals surface area contributed by atoms with Crippen LogP contribution in [-0.4, -0.2) is 39.1 Å². The minimum atomic E-state index is 0.616. The molecule has 0 fully saturated rings. The first-order valence-electron chi connectivity index (χ1n) is 10.3. The van der Waals surface area contributed by atoms with Crippen molar-refractivity contribution in [3.8, 4) is 17.1 Å². The fourth-order valence-corrected chi connectivity index (χ4v) is 4.09. The highest BCUT2D eigenvalue weighted by atomic mass is 35.5. The zero-order valence-corrected chi connectivity index (χ0v) is 19.6. The summed E-state index contributed by atoms with van der Waals surface area (Å²) in [6.07, 6.45) is 0. The second-order valence-electron chi connectivity index (χ2n) is 7.41. The summed E-state index contributed by atoms with van der Waals surface area (Å²) in [5.74, 6) is 4.32. The van der Waals surface area contributed by atoms with Gasteiger partial charge in [0.05, 0.1) is 19.7 Å². The van der Waals surface area contributed by atoms with Gasteiger partial charge in [0.15, 0.2) is 5.16 Å². The van der Waals surface area contributed by atoms with Crippen LogP contribution in [0.25, 0.3) is 11.3 Å². The second-order valence-corrected chi connectivity index (χ2v) is 8.91. The molecule has 0 bridgehead atoms. The average Bonchev–Trinajstić information content (AvgIpc) is 3.40. The molecular weight excluding hydrogens is 444 g/mol. The van der Waals surface area contributed by atoms with Crippen molar-refractivity contribution < 1.29 is 9.15 Å². The van der Waals surface area contributed by atoms with Crippen LogP contribution in [0.2, 0.25) is 5.02 Å². The third-order valence-electron chi connectivity index (χ3n) is 4.88. The third kappa shape index (κ3) is 5.94. The number of hydrogen-bond donors (Lipinski definition) is 0. The van der Waals surface area contributed by atoms with Gasteiger partial charge in [0.25, 0.3) is 0 Å². The van der Waals surface area contributed by atoms with Gasteiger partial charge in [-0.25, -0.2) is 0 Å². The molecule has 0 saturated carbocycles. The first kappa shape index (κ1) is 22.5. The Balaban J connectivity index is 1.27. The molecule has 4 aromatic rings. The Hall–Kier alpha value is -2.74. The molecular formula is C24H25ClN4O2S. The zero-order valence-electron chi connectivity index (χ0n) is 18.1. The summed E-state index contributed by atoms with van der Waals surface area (Å²) in [6, 6.07) is 21.5. The molecule has 2 heterocycles. The van der Waals surface area contributed by atoms with Gasteiger partial charge in [-0.1, -0.05) is 41.6 Å². The number of benzene rings is 2. The minimum Gasteiger partial charge on any atom is -0.493 e. The number of furan rings is 1. The first-order chi connectivity index (χ1) is 15.6. The number of ether oxygens (including phenoxy) is 1. The summed E-state index contributed by atoms with van der Waals surface area (Å²) < 4.78 is 13.8. The molecule has 0 aliphatic heterocycles. The zero-order chi connectivity index (χ0) is 22.3. The fraction of sp³-hybridized carbons (Fsp3) is 0.250. The van der Waals surface area contributed by atoms with Crippen molar-refractivity contribution >= 4 is 23.4 Å². The van der Waals surface area contributed by atoms with Crippen LogP contribution < -0.4 is 4.74 Å². The van der Waals surface area contributed by atoms with Crippen LogP contribution in [0.3, 0.4) is 0 Å². The van der Waals surface area contributed by atoms with Gasteiger partial charge in [-0.05, 0) is 55.6 Å². The Morgan fingerprint density at radius 3 is 2.56 bits per heavy atom. The Morgan fingerprint density at radius 1 is 1.00 bits per heavy atom. The van der Waals surface area contributed by atoms with Crippen LogP contribution in [-0.2, 0) is 20.1 Å². The highest BCUT2D eigenvalue weighted by Crippen LogP contribution is 2.24. The van der Waals surface area contributed by atoms with Crippen molar-refractivity contribution in [1.82, 2.24) is 19.7 Å². The normalized spacial score (nSPS) is 11.2. The van der Waals surface area contributed by atoms with E-state index in [2.05, 4.69) is 15.1 Å². The second kappa shape index (κ2) is 10.7. The van der Waals surface area contributed by atoms with Crippen molar-refractivity contribution in [3.05, 3.63) is 83.3 Å². The van der Waals surface area contributed by atoms with E-state index in [-0.39, 0.29) is 0 Å². The van der Waals surface area contributed by atoms with Crippen LogP contribution in [0.15, 0.2) is 76.3 Å². The lowest BCUT2D eigenvalue weighted by molar-refractivity contribution is 0.279.